The molecule has 0 radical (unpaired) electrons. The highest BCUT2D eigenvalue weighted by Crippen LogP contribution is 2.36. The third kappa shape index (κ3) is 4.49. The second-order valence-electron chi connectivity index (χ2n) is 7.35. The number of methoxy groups -OCH3 is 1. The number of nitrogens with one attached hydrogen (secondary N) is 2. The van der Waals surface area contributed by atoms with E-state index in [0.29, 0.717) is 18.1 Å². The quantitative estimate of drug-likeness (QED) is 0.388. The zero-order valence-corrected chi connectivity index (χ0v) is 18.9. The Balaban J connectivity index is 1.74. The Labute approximate surface area is 188 Å². The molecule has 32 heavy (non-hydrogen) atoms. The summed E-state index contributed by atoms with van der Waals surface area (Å²) in [5.74, 6) is 1.02. The van der Waals surface area contributed by atoms with Crippen molar-refractivity contribution >= 4 is 20.9 Å². The number of hydrogen-bond acceptors (Lipinski definition) is 4. The molecule has 3 aromatic carbocycles. The SMILES string of the molecule is CCOc1ccc(C(CNS(=O)(=O)c2ccccc2)c2c[nH]c3ccccc23)cc1OC. The first-order valence-corrected chi connectivity index (χ1v) is 11.9. The van der Waals surface area contributed by atoms with E-state index in [0.717, 1.165) is 22.0 Å². The maximum absolute atomic E-state index is 12.9. The van der Waals surface area contributed by atoms with Crippen LogP contribution in [-0.2, 0) is 10.0 Å². The van der Waals surface area contributed by atoms with Gasteiger partial charge in [0.1, 0.15) is 0 Å². The molecule has 2 N–H and O–H groups in total. The Hall–Kier alpha value is -3.29. The van der Waals surface area contributed by atoms with Crippen molar-refractivity contribution in [2.75, 3.05) is 20.3 Å². The van der Waals surface area contributed by atoms with E-state index in [-0.39, 0.29) is 17.4 Å². The van der Waals surface area contributed by atoms with Crippen molar-refractivity contribution < 1.29 is 17.9 Å². The van der Waals surface area contributed by atoms with Gasteiger partial charge in [0.2, 0.25) is 10.0 Å². The minimum atomic E-state index is -3.66. The molecule has 0 fully saturated rings. The van der Waals surface area contributed by atoms with Gasteiger partial charge in [0.25, 0.3) is 0 Å². The van der Waals surface area contributed by atoms with Gasteiger partial charge in [-0.3, -0.25) is 0 Å². The lowest BCUT2D eigenvalue weighted by atomic mass is 9.91. The van der Waals surface area contributed by atoms with E-state index in [2.05, 4.69) is 9.71 Å². The van der Waals surface area contributed by atoms with Gasteiger partial charge in [0.05, 0.1) is 18.6 Å². The topological polar surface area (TPSA) is 80.4 Å². The lowest BCUT2D eigenvalue weighted by molar-refractivity contribution is 0.310. The van der Waals surface area contributed by atoms with Crippen LogP contribution >= 0.6 is 0 Å². The summed E-state index contributed by atoms with van der Waals surface area (Å²) in [4.78, 5) is 3.53. The van der Waals surface area contributed by atoms with Crippen LogP contribution in [0.4, 0.5) is 0 Å². The first kappa shape index (κ1) is 21.9. The van der Waals surface area contributed by atoms with Gasteiger partial charge >= 0.3 is 0 Å². The molecule has 4 aromatic rings. The van der Waals surface area contributed by atoms with E-state index < -0.39 is 10.0 Å². The molecule has 0 amide bonds. The molecule has 0 aliphatic carbocycles. The van der Waals surface area contributed by atoms with E-state index in [1.165, 1.54) is 0 Å². The summed E-state index contributed by atoms with van der Waals surface area (Å²) in [5.41, 5.74) is 2.92. The average molecular weight is 451 g/mol. The van der Waals surface area contributed by atoms with Crippen LogP contribution in [-0.4, -0.2) is 33.7 Å². The minimum Gasteiger partial charge on any atom is -0.493 e. The molecule has 4 rings (SSSR count). The van der Waals surface area contributed by atoms with Crippen LogP contribution in [0.2, 0.25) is 0 Å². The molecule has 0 aliphatic heterocycles. The number of aromatic amines is 1. The van der Waals surface area contributed by atoms with E-state index in [4.69, 9.17) is 9.47 Å². The number of hydrogen-bond donors (Lipinski definition) is 2. The largest absolute Gasteiger partial charge is 0.493 e. The molecule has 0 saturated carbocycles. The number of para-hydroxylation sites is 1. The van der Waals surface area contributed by atoms with Crippen molar-refractivity contribution in [3.05, 3.63) is 90.1 Å². The Kier molecular flexibility index (Phi) is 6.48. The molecule has 1 atom stereocenters. The number of benzene rings is 3. The third-order valence-corrected chi connectivity index (χ3v) is 6.86. The van der Waals surface area contributed by atoms with Crippen molar-refractivity contribution in [1.29, 1.82) is 0 Å². The molecular formula is C25H26N2O4S. The molecular weight excluding hydrogens is 424 g/mol. The van der Waals surface area contributed by atoms with Gasteiger partial charge in [0.15, 0.2) is 11.5 Å². The molecule has 166 valence electrons. The van der Waals surface area contributed by atoms with Crippen LogP contribution in [0.25, 0.3) is 10.9 Å². The fourth-order valence-electron chi connectivity index (χ4n) is 3.84. The van der Waals surface area contributed by atoms with Gasteiger partial charge in [0, 0.05) is 29.6 Å². The summed E-state index contributed by atoms with van der Waals surface area (Å²) in [6.45, 7) is 2.63. The maximum Gasteiger partial charge on any atom is 0.240 e. The zero-order valence-electron chi connectivity index (χ0n) is 18.0. The van der Waals surface area contributed by atoms with E-state index >= 15 is 0 Å². The van der Waals surface area contributed by atoms with Crippen LogP contribution in [0.3, 0.4) is 0 Å². The Morgan fingerprint density at radius 3 is 2.47 bits per heavy atom. The highest BCUT2D eigenvalue weighted by atomic mass is 32.2. The molecule has 0 saturated heterocycles. The van der Waals surface area contributed by atoms with Crippen molar-refractivity contribution in [3.63, 3.8) is 0 Å². The Morgan fingerprint density at radius 2 is 1.72 bits per heavy atom. The Morgan fingerprint density at radius 1 is 0.969 bits per heavy atom. The van der Waals surface area contributed by atoms with Crippen molar-refractivity contribution in [3.8, 4) is 11.5 Å². The first-order chi connectivity index (χ1) is 15.5. The molecule has 0 bridgehead atoms. The van der Waals surface area contributed by atoms with Crippen LogP contribution in [0.5, 0.6) is 11.5 Å². The molecule has 1 aromatic heterocycles. The monoisotopic (exact) mass is 450 g/mol. The van der Waals surface area contributed by atoms with E-state index in [1.54, 1.807) is 37.4 Å². The third-order valence-electron chi connectivity index (χ3n) is 5.42. The van der Waals surface area contributed by atoms with Gasteiger partial charge in [-0.1, -0.05) is 42.5 Å². The van der Waals surface area contributed by atoms with Gasteiger partial charge in [-0.2, -0.15) is 0 Å². The molecule has 0 aliphatic rings. The number of fused-ring (bicyclic) bond motifs is 1. The number of aromatic nitrogens is 1. The lowest BCUT2D eigenvalue weighted by Gasteiger charge is -2.20. The standard InChI is InChI=1S/C25H26N2O4S/c1-3-31-24-14-13-18(15-25(24)30-2)21(22-16-26-23-12-8-7-11-20(22)23)17-27-32(28,29)19-9-5-4-6-10-19/h4-16,21,26-27H,3,17H2,1-2H3. The van der Waals surface area contributed by atoms with Crippen LogP contribution < -0.4 is 14.2 Å². The average Bonchev–Trinajstić information content (AvgIpc) is 3.24. The lowest BCUT2D eigenvalue weighted by Crippen LogP contribution is -2.29. The summed E-state index contributed by atoms with van der Waals surface area (Å²) in [6.07, 6.45) is 1.94. The summed E-state index contributed by atoms with van der Waals surface area (Å²) in [5, 5.41) is 1.05. The predicted molar refractivity (Wildman–Crippen MR) is 126 cm³/mol. The molecule has 0 spiro atoms. The van der Waals surface area contributed by atoms with Gasteiger partial charge in [-0.15, -0.1) is 0 Å². The van der Waals surface area contributed by atoms with Gasteiger partial charge in [-0.05, 0) is 48.4 Å². The molecule has 7 heteroatoms. The summed E-state index contributed by atoms with van der Waals surface area (Å²) in [6, 6.07) is 22.1. The van der Waals surface area contributed by atoms with Gasteiger partial charge < -0.3 is 14.5 Å². The van der Waals surface area contributed by atoms with Crippen molar-refractivity contribution in [2.24, 2.45) is 0 Å². The maximum atomic E-state index is 12.9. The number of ether oxygens (including phenoxy) is 2. The first-order valence-electron chi connectivity index (χ1n) is 10.4. The molecule has 1 heterocycles. The second-order valence-corrected chi connectivity index (χ2v) is 9.12. The molecule has 6 nitrogen and oxygen atoms in total. The van der Waals surface area contributed by atoms with Crippen LogP contribution in [0.15, 0.2) is 83.9 Å². The fraction of sp³-hybridized carbons (Fsp3) is 0.200. The van der Waals surface area contributed by atoms with Crippen LogP contribution in [0.1, 0.15) is 24.0 Å². The zero-order chi connectivity index (χ0) is 22.6. The highest BCUT2D eigenvalue weighted by molar-refractivity contribution is 7.89. The number of rotatable bonds is 9. The molecule has 1 unspecified atom stereocenters. The summed E-state index contributed by atoms with van der Waals surface area (Å²) in [7, 11) is -2.06. The smallest absolute Gasteiger partial charge is 0.240 e. The van der Waals surface area contributed by atoms with Gasteiger partial charge in [-0.25, -0.2) is 13.1 Å². The van der Waals surface area contributed by atoms with E-state index in [1.807, 2.05) is 55.6 Å². The minimum absolute atomic E-state index is 0.191. The Bertz CT molecular complexity index is 1300. The predicted octanol–water partition coefficient (Wildman–Crippen LogP) is 4.69. The summed E-state index contributed by atoms with van der Waals surface area (Å²) >= 11 is 0. The normalized spacial score (nSPS) is 12.6. The number of sulfonamides is 1. The van der Waals surface area contributed by atoms with Crippen molar-refractivity contribution in [2.45, 2.75) is 17.7 Å². The van der Waals surface area contributed by atoms with E-state index in [9.17, 15) is 8.42 Å². The highest BCUT2D eigenvalue weighted by Gasteiger charge is 2.23. The fourth-order valence-corrected chi connectivity index (χ4v) is 4.91. The second kappa shape index (κ2) is 9.46. The van der Waals surface area contributed by atoms with Crippen LogP contribution in [0, 0.1) is 0 Å². The summed E-state index contributed by atoms with van der Waals surface area (Å²) < 4.78 is 39.8. The number of H-pyrrole nitrogens is 1. The van der Waals surface area contributed by atoms with Crippen molar-refractivity contribution in [1.82, 2.24) is 9.71 Å².